The molecule has 232 valence electrons. The molecule has 0 saturated heterocycles. The highest BCUT2D eigenvalue weighted by Crippen LogP contribution is 2.59. The van der Waals surface area contributed by atoms with Crippen LogP contribution >= 0.6 is 0 Å². The van der Waals surface area contributed by atoms with Crippen molar-refractivity contribution in [3.8, 4) is 68.0 Å². The zero-order valence-corrected chi connectivity index (χ0v) is 27.1. The van der Waals surface area contributed by atoms with Gasteiger partial charge in [-0.3, -0.25) is 0 Å². The SMILES string of the molecule is CC1(C)c2ccccc2-c2c1ccc1c2Oc2cccc(-c3cc(-c4ccccc4)nc(-c4ccc5c(ccc6ccccc65)c4)n3)c2O1. The van der Waals surface area contributed by atoms with Crippen LogP contribution in [0.3, 0.4) is 0 Å². The largest absolute Gasteiger partial charge is 0.449 e. The number of rotatable bonds is 3. The van der Waals surface area contributed by atoms with Gasteiger partial charge in [-0.15, -0.1) is 0 Å². The van der Waals surface area contributed by atoms with E-state index in [2.05, 4.69) is 111 Å². The van der Waals surface area contributed by atoms with E-state index < -0.39 is 0 Å². The molecule has 0 atom stereocenters. The van der Waals surface area contributed by atoms with Crippen molar-refractivity contribution in [2.75, 3.05) is 0 Å². The first-order chi connectivity index (χ1) is 24.0. The summed E-state index contributed by atoms with van der Waals surface area (Å²) in [5.41, 5.74) is 9.12. The summed E-state index contributed by atoms with van der Waals surface area (Å²) < 4.78 is 13.6. The average molecular weight is 631 g/mol. The molecule has 4 nitrogen and oxygen atoms in total. The van der Waals surface area contributed by atoms with Gasteiger partial charge in [0, 0.05) is 27.7 Å². The Balaban J connectivity index is 1.12. The fraction of sp³-hybridized carbons (Fsp3) is 0.0667. The highest BCUT2D eigenvalue weighted by molar-refractivity contribution is 6.08. The maximum Gasteiger partial charge on any atom is 0.179 e. The normalized spacial score (nSPS) is 13.6. The number of para-hydroxylation sites is 1. The van der Waals surface area contributed by atoms with E-state index in [1.165, 1.54) is 32.8 Å². The molecule has 10 rings (SSSR count). The Morgan fingerprint density at radius 1 is 0.469 bits per heavy atom. The molecule has 0 bridgehead atoms. The average Bonchev–Trinajstić information content (AvgIpc) is 3.40. The Hall–Kier alpha value is -6.26. The van der Waals surface area contributed by atoms with Gasteiger partial charge in [0.2, 0.25) is 0 Å². The second-order valence-electron chi connectivity index (χ2n) is 13.4. The first-order valence-corrected chi connectivity index (χ1v) is 16.7. The molecule has 49 heavy (non-hydrogen) atoms. The van der Waals surface area contributed by atoms with E-state index in [4.69, 9.17) is 19.4 Å². The Bertz CT molecular complexity index is 2640. The summed E-state index contributed by atoms with van der Waals surface area (Å²) in [7, 11) is 0. The number of hydrogen-bond acceptors (Lipinski definition) is 4. The number of ether oxygens (including phenoxy) is 2. The van der Waals surface area contributed by atoms with Gasteiger partial charge in [-0.1, -0.05) is 129 Å². The van der Waals surface area contributed by atoms with Gasteiger partial charge in [0.25, 0.3) is 0 Å². The minimum absolute atomic E-state index is 0.131. The molecule has 0 fully saturated rings. The Morgan fingerprint density at radius 2 is 1.18 bits per heavy atom. The van der Waals surface area contributed by atoms with E-state index in [0.29, 0.717) is 23.1 Å². The van der Waals surface area contributed by atoms with E-state index in [9.17, 15) is 0 Å². The number of benzene rings is 7. The molecule has 0 N–H and O–H groups in total. The fourth-order valence-electron chi connectivity index (χ4n) is 7.67. The van der Waals surface area contributed by atoms with Gasteiger partial charge in [0.05, 0.1) is 11.4 Å². The summed E-state index contributed by atoms with van der Waals surface area (Å²) in [4.78, 5) is 10.3. The molecule has 1 aliphatic heterocycles. The highest BCUT2D eigenvalue weighted by Gasteiger charge is 2.39. The van der Waals surface area contributed by atoms with Crippen LogP contribution in [-0.2, 0) is 5.41 Å². The van der Waals surface area contributed by atoms with Gasteiger partial charge in [0.15, 0.2) is 28.8 Å². The van der Waals surface area contributed by atoms with Gasteiger partial charge in [-0.25, -0.2) is 9.97 Å². The van der Waals surface area contributed by atoms with Crippen molar-refractivity contribution in [1.29, 1.82) is 0 Å². The lowest BCUT2D eigenvalue weighted by atomic mass is 9.82. The summed E-state index contributed by atoms with van der Waals surface area (Å²) in [5.74, 6) is 3.43. The van der Waals surface area contributed by atoms with Crippen LogP contribution in [-0.4, -0.2) is 9.97 Å². The Kier molecular flexibility index (Phi) is 5.89. The van der Waals surface area contributed by atoms with E-state index in [1.54, 1.807) is 0 Å². The number of nitrogens with zero attached hydrogens (tertiary/aromatic N) is 2. The van der Waals surface area contributed by atoms with Crippen molar-refractivity contribution in [3.63, 3.8) is 0 Å². The number of fused-ring (bicyclic) bond motifs is 9. The fourth-order valence-corrected chi connectivity index (χ4v) is 7.67. The summed E-state index contributed by atoms with van der Waals surface area (Å²) in [6.07, 6.45) is 0. The van der Waals surface area contributed by atoms with Crippen LogP contribution in [0, 0.1) is 0 Å². The van der Waals surface area contributed by atoms with Crippen LogP contribution in [0.1, 0.15) is 25.0 Å². The molecule has 0 radical (unpaired) electrons. The van der Waals surface area contributed by atoms with Crippen LogP contribution in [0.4, 0.5) is 0 Å². The van der Waals surface area contributed by atoms with E-state index in [-0.39, 0.29) is 5.41 Å². The smallest absolute Gasteiger partial charge is 0.179 e. The molecule has 8 aromatic rings. The van der Waals surface area contributed by atoms with Crippen molar-refractivity contribution >= 4 is 21.5 Å². The molecule has 2 heterocycles. The quantitative estimate of drug-likeness (QED) is 0.182. The molecular weight excluding hydrogens is 601 g/mol. The van der Waals surface area contributed by atoms with Gasteiger partial charge in [-0.05, 0) is 68.6 Å². The molecule has 0 saturated carbocycles. The van der Waals surface area contributed by atoms with Gasteiger partial charge >= 0.3 is 0 Å². The molecule has 0 spiro atoms. The van der Waals surface area contributed by atoms with E-state index in [0.717, 1.165) is 44.8 Å². The molecule has 4 heteroatoms. The highest BCUT2D eigenvalue weighted by atomic mass is 16.6. The number of hydrogen-bond donors (Lipinski definition) is 0. The van der Waals surface area contributed by atoms with Crippen molar-refractivity contribution < 1.29 is 9.47 Å². The second kappa shape index (κ2) is 10.4. The lowest BCUT2D eigenvalue weighted by Gasteiger charge is -2.26. The van der Waals surface area contributed by atoms with Crippen LogP contribution in [0.5, 0.6) is 23.0 Å². The standard InChI is InChI=1S/C45H30N2O2/c1-45(2)35-17-9-8-15-33(35)41-36(45)23-24-40-43(41)49-39-18-10-16-34(42(39)48-40)38-26-37(28-12-4-3-5-13-28)46-44(47-38)30-21-22-32-29(25-30)20-19-27-11-6-7-14-31(27)32/h3-26H,1-2H3. The molecule has 1 aliphatic carbocycles. The Morgan fingerprint density at radius 3 is 2.10 bits per heavy atom. The predicted molar refractivity (Wildman–Crippen MR) is 198 cm³/mol. The van der Waals surface area contributed by atoms with Crippen LogP contribution in [0.25, 0.3) is 66.6 Å². The lowest BCUT2D eigenvalue weighted by molar-refractivity contribution is 0.361. The maximum atomic E-state index is 6.78. The Labute approximate surface area is 284 Å². The van der Waals surface area contributed by atoms with Crippen LogP contribution in [0.15, 0.2) is 146 Å². The molecule has 2 aliphatic rings. The lowest BCUT2D eigenvalue weighted by Crippen LogP contribution is -2.15. The maximum absolute atomic E-state index is 6.78. The second-order valence-corrected chi connectivity index (χ2v) is 13.4. The summed E-state index contributed by atoms with van der Waals surface area (Å²) in [6, 6.07) is 50.5. The predicted octanol–water partition coefficient (Wildman–Crippen LogP) is 12.0. The van der Waals surface area contributed by atoms with Crippen molar-refractivity contribution in [1.82, 2.24) is 9.97 Å². The van der Waals surface area contributed by atoms with Gasteiger partial charge in [-0.2, -0.15) is 0 Å². The van der Waals surface area contributed by atoms with E-state index >= 15 is 0 Å². The molecule has 7 aromatic carbocycles. The zero-order valence-electron chi connectivity index (χ0n) is 27.1. The number of aromatic nitrogens is 2. The van der Waals surface area contributed by atoms with Crippen LogP contribution < -0.4 is 9.47 Å². The minimum Gasteiger partial charge on any atom is -0.449 e. The third kappa shape index (κ3) is 4.24. The van der Waals surface area contributed by atoms with Crippen molar-refractivity contribution in [2.45, 2.75) is 19.3 Å². The van der Waals surface area contributed by atoms with Crippen molar-refractivity contribution in [3.05, 3.63) is 157 Å². The van der Waals surface area contributed by atoms with Crippen molar-refractivity contribution in [2.24, 2.45) is 0 Å². The minimum atomic E-state index is -0.131. The first-order valence-electron chi connectivity index (χ1n) is 16.7. The summed E-state index contributed by atoms with van der Waals surface area (Å²) >= 11 is 0. The molecule has 0 unspecified atom stereocenters. The van der Waals surface area contributed by atoms with Gasteiger partial charge < -0.3 is 9.47 Å². The topological polar surface area (TPSA) is 44.2 Å². The first kappa shape index (κ1) is 27.8. The molecule has 0 amide bonds. The summed E-state index contributed by atoms with van der Waals surface area (Å²) in [6.45, 7) is 4.54. The monoisotopic (exact) mass is 630 g/mol. The van der Waals surface area contributed by atoms with E-state index in [1.807, 2.05) is 48.5 Å². The molecular formula is C45H30N2O2. The summed E-state index contributed by atoms with van der Waals surface area (Å²) in [5, 5.41) is 4.81. The molecule has 1 aromatic heterocycles. The van der Waals surface area contributed by atoms with Gasteiger partial charge in [0.1, 0.15) is 0 Å². The third-order valence-corrected chi connectivity index (χ3v) is 10.1. The third-order valence-electron chi connectivity index (χ3n) is 10.1. The zero-order chi connectivity index (χ0) is 32.7. The van der Waals surface area contributed by atoms with Crippen LogP contribution in [0.2, 0.25) is 0 Å².